The number of nitrogens with one attached hydrogen (secondary N) is 1. The number of carbonyl (C=O) groups is 3. The molecule has 2 fully saturated rings. The van der Waals surface area contributed by atoms with E-state index in [9.17, 15) is 14.4 Å². The monoisotopic (exact) mass is 377 g/mol. The Kier molecular flexibility index (Phi) is 6.29. The Labute approximate surface area is 158 Å². The molecular formula is C19H27N3O3S. The molecule has 1 N–H and O–H groups in total. The van der Waals surface area contributed by atoms with Crippen molar-refractivity contribution in [1.82, 2.24) is 15.1 Å². The van der Waals surface area contributed by atoms with Crippen LogP contribution in [0.25, 0.3) is 0 Å². The molecule has 6 nitrogen and oxygen atoms in total. The smallest absolute Gasteiger partial charge is 0.252 e. The Hall–Kier alpha value is -1.89. The number of rotatable bonds is 4. The lowest BCUT2D eigenvalue weighted by Gasteiger charge is -2.37. The number of amides is 3. The summed E-state index contributed by atoms with van der Waals surface area (Å²) in [5.74, 6) is 0.436. The normalized spacial score (nSPS) is 21.5. The van der Waals surface area contributed by atoms with Gasteiger partial charge in [-0.2, -0.15) is 11.3 Å². The Morgan fingerprint density at radius 2 is 1.92 bits per heavy atom. The lowest BCUT2D eigenvalue weighted by Crippen LogP contribution is -2.50. The van der Waals surface area contributed by atoms with Gasteiger partial charge in [0.05, 0.1) is 12.5 Å². The molecule has 0 radical (unpaired) electrons. The van der Waals surface area contributed by atoms with Gasteiger partial charge >= 0.3 is 0 Å². The van der Waals surface area contributed by atoms with Crippen LogP contribution in [-0.4, -0.2) is 60.2 Å². The molecule has 1 aromatic rings. The number of likely N-dealkylation sites (tertiary alicyclic amines) is 2. The first-order chi connectivity index (χ1) is 12.5. The van der Waals surface area contributed by atoms with Crippen molar-refractivity contribution in [3.63, 3.8) is 0 Å². The maximum Gasteiger partial charge on any atom is 0.252 e. The van der Waals surface area contributed by atoms with E-state index in [1.165, 1.54) is 11.3 Å². The zero-order chi connectivity index (χ0) is 18.5. The van der Waals surface area contributed by atoms with Crippen molar-refractivity contribution in [2.75, 3.05) is 32.7 Å². The third kappa shape index (κ3) is 4.63. The van der Waals surface area contributed by atoms with Crippen molar-refractivity contribution in [1.29, 1.82) is 0 Å². The number of hydrogen-bond donors (Lipinski definition) is 1. The largest absolute Gasteiger partial charge is 0.343 e. The minimum atomic E-state index is -0.230. The molecular weight excluding hydrogens is 350 g/mol. The number of piperidine rings is 2. The van der Waals surface area contributed by atoms with Crippen LogP contribution >= 0.6 is 11.3 Å². The van der Waals surface area contributed by atoms with E-state index < -0.39 is 0 Å². The van der Waals surface area contributed by atoms with Crippen LogP contribution in [0.3, 0.4) is 0 Å². The molecule has 0 spiro atoms. The molecule has 0 bridgehead atoms. The summed E-state index contributed by atoms with van der Waals surface area (Å²) in [5, 5.41) is 6.27. The summed E-state index contributed by atoms with van der Waals surface area (Å²) in [6, 6.07) is 1.74. The van der Waals surface area contributed by atoms with Crippen molar-refractivity contribution in [3.8, 4) is 0 Å². The standard InChI is InChI=1S/C19H27N3O3S/c1-14-4-8-21(9-5-14)19(25)15-3-2-7-22(12-15)17(23)11-20-18(24)16-6-10-26-13-16/h6,10,13-15H,2-5,7-9,11-12H2,1H3,(H,20,24). The van der Waals surface area contributed by atoms with Gasteiger partial charge in [0, 0.05) is 37.1 Å². The van der Waals surface area contributed by atoms with Gasteiger partial charge in [-0.1, -0.05) is 6.92 Å². The number of thiophene rings is 1. The molecule has 7 heteroatoms. The highest BCUT2D eigenvalue weighted by molar-refractivity contribution is 7.08. The predicted octanol–water partition coefficient (Wildman–Crippen LogP) is 1.97. The molecule has 26 heavy (non-hydrogen) atoms. The molecule has 3 rings (SSSR count). The summed E-state index contributed by atoms with van der Waals surface area (Å²) in [4.78, 5) is 40.9. The van der Waals surface area contributed by atoms with Crippen molar-refractivity contribution in [2.45, 2.75) is 32.6 Å². The van der Waals surface area contributed by atoms with Crippen LogP contribution in [0, 0.1) is 11.8 Å². The molecule has 3 amide bonds. The summed E-state index contributed by atoms with van der Waals surface area (Å²) in [6.07, 6.45) is 3.81. The lowest BCUT2D eigenvalue weighted by molar-refractivity contribution is -0.141. The van der Waals surface area contributed by atoms with Crippen LogP contribution in [0.5, 0.6) is 0 Å². The van der Waals surface area contributed by atoms with E-state index in [4.69, 9.17) is 0 Å². The third-order valence-electron chi connectivity index (χ3n) is 5.40. The lowest BCUT2D eigenvalue weighted by atomic mass is 9.93. The Morgan fingerprint density at radius 3 is 2.62 bits per heavy atom. The van der Waals surface area contributed by atoms with Gasteiger partial charge in [-0.15, -0.1) is 0 Å². The Morgan fingerprint density at radius 1 is 1.15 bits per heavy atom. The van der Waals surface area contributed by atoms with Crippen molar-refractivity contribution < 1.29 is 14.4 Å². The van der Waals surface area contributed by atoms with E-state index in [1.54, 1.807) is 16.3 Å². The molecule has 0 aromatic carbocycles. The fourth-order valence-electron chi connectivity index (χ4n) is 3.66. The summed E-state index contributed by atoms with van der Waals surface area (Å²) >= 11 is 1.45. The molecule has 142 valence electrons. The Bertz CT molecular complexity index is 638. The van der Waals surface area contributed by atoms with Crippen molar-refractivity contribution in [3.05, 3.63) is 22.4 Å². The molecule has 0 aliphatic carbocycles. The SMILES string of the molecule is CC1CCN(C(=O)C2CCCN(C(=O)CNC(=O)c3ccsc3)C2)CC1. The molecule has 2 aliphatic rings. The fourth-order valence-corrected chi connectivity index (χ4v) is 4.29. The third-order valence-corrected chi connectivity index (χ3v) is 6.09. The predicted molar refractivity (Wildman–Crippen MR) is 101 cm³/mol. The summed E-state index contributed by atoms with van der Waals surface area (Å²) < 4.78 is 0. The van der Waals surface area contributed by atoms with Gasteiger partial charge in [-0.3, -0.25) is 14.4 Å². The maximum atomic E-state index is 12.8. The Balaban J connectivity index is 1.48. The van der Waals surface area contributed by atoms with Crippen LogP contribution in [0.2, 0.25) is 0 Å². The zero-order valence-electron chi connectivity index (χ0n) is 15.3. The fraction of sp³-hybridized carbons (Fsp3) is 0.632. The molecule has 2 aliphatic heterocycles. The van der Waals surface area contributed by atoms with Crippen LogP contribution in [0.1, 0.15) is 43.0 Å². The molecule has 3 heterocycles. The van der Waals surface area contributed by atoms with Gasteiger partial charge in [-0.05, 0) is 43.0 Å². The minimum absolute atomic E-state index is 0.0170. The van der Waals surface area contributed by atoms with E-state index in [1.807, 2.05) is 10.3 Å². The number of hydrogen-bond acceptors (Lipinski definition) is 4. The van der Waals surface area contributed by atoms with Crippen LogP contribution in [0.4, 0.5) is 0 Å². The van der Waals surface area contributed by atoms with Crippen LogP contribution in [0.15, 0.2) is 16.8 Å². The minimum Gasteiger partial charge on any atom is -0.343 e. The van der Waals surface area contributed by atoms with Gasteiger partial charge in [0.15, 0.2) is 0 Å². The van der Waals surface area contributed by atoms with E-state index in [0.717, 1.165) is 38.8 Å². The quantitative estimate of drug-likeness (QED) is 0.872. The van der Waals surface area contributed by atoms with Crippen molar-refractivity contribution >= 4 is 29.1 Å². The first kappa shape index (κ1) is 18.9. The van der Waals surface area contributed by atoms with Gasteiger partial charge < -0.3 is 15.1 Å². The second-order valence-electron chi connectivity index (χ2n) is 7.38. The van der Waals surface area contributed by atoms with Crippen molar-refractivity contribution in [2.24, 2.45) is 11.8 Å². The van der Waals surface area contributed by atoms with Gasteiger partial charge in [0.25, 0.3) is 5.91 Å². The van der Waals surface area contributed by atoms with E-state index in [2.05, 4.69) is 12.2 Å². The topological polar surface area (TPSA) is 69.7 Å². The van der Waals surface area contributed by atoms with Crippen LogP contribution < -0.4 is 5.32 Å². The first-order valence-corrected chi connectivity index (χ1v) is 10.4. The van der Waals surface area contributed by atoms with Gasteiger partial charge in [0.2, 0.25) is 11.8 Å². The van der Waals surface area contributed by atoms with E-state index in [0.29, 0.717) is 24.6 Å². The zero-order valence-corrected chi connectivity index (χ0v) is 16.1. The molecule has 2 saturated heterocycles. The first-order valence-electron chi connectivity index (χ1n) is 9.41. The molecule has 1 atom stereocenters. The average molecular weight is 378 g/mol. The molecule has 1 aromatic heterocycles. The highest BCUT2D eigenvalue weighted by Crippen LogP contribution is 2.23. The number of carbonyl (C=O) groups excluding carboxylic acids is 3. The second-order valence-corrected chi connectivity index (χ2v) is 8.16. The van der Waals surface area contributed by atoms with E-state index >= 15 is 0 Å². The summed E-state index contributed by atoms with van der Waals surface area (Å²) in [6.45, 7) is 5.01. The van der Waals surface area contributed by atoms with E-state index in [-0.39, 0.29) is 30.2 Å². The number of nitrogens with zero attached hydrogens (tertiary/aromatic N) is 2. The van der Waals surface area contributed by atoms with Gasteiger partial charge in [-0.25, -0.2) is 0 Å². The van der Waals surface area contributed by atoms with Gasteiger partial charge in [0.1, 0.15) is 0 Å². The maximum absolute atomic E-state index is 12.8. The summed E-state index contributed by atoms with van der Waals surface area (Å²) in [5.41, 5.74) is 0.578. The highest BCUT2D eigenvalue weighted by atomic mass is 32.1. The molecule has 0 saturated carbocycles. The highest BCUT2D eigenvalue weighted by Gasteiger charge is 2.32. The van der Waals surface area contributed by atoms with Crippen LogP contribution in [-0.2, 0) is 9.59 Å². The molecule has 1 unspecified atom stereocenters. The average Bonchev–Trinajstić information content (AvgIpc) is 3.21. The summed E-state index contributed by atoms with van der Waals surface area (Å²) in [7, 11) is 0. The second kappa shape index (κ2) is 8.66.